The lowest BCUT2D eigenvalue weighted by molar-refractivity contribution is -0.146. The number of anilines is 1. The number of carbonyl (C=O) groups is 2. The maximum atomic E-state index is 13.2. The number of amides is 1. The van der Waals surface area contributed by atoms with Crippen LogP contribution in [0.25, 0.3) is 0 Å². The van der Waals surface area contributed by atoms with Crippen molar-refractivity contribution in [2.45, 2.75) is 42.9 Å². The van der Waals surface area contributed by atoms with Crippen LogP contribution in [-0.2, 0) is 29.8 Å². The van der Waals surface area contributed by atoms with E-state index >= 15 is 0 Å². The van der Waals surface area contributed by atoms with Crippen molar-refractivity contribution in [1.29, 1.82) is 0 Å². The number of carbonyl (C=O) groups excluding carboxylic acids is 2. The minimum Gasteiger partial charge on any atom is -0.495 e. The van der Waals surface area contributed by atoms with Crippen molar-refractivity contribution in [3.63, 3.8) is 0 Å². The Labute approximate surface area is 210 Å². The zero-order valence-electron chi connectivity index (χ0n) is 19.8. The van der Waals surface area contributed by atoms with Crippen molar-refractivity contribution >= 4 is 39.2 Å². The molecule has 1 amide bonds. The molecule has 8 nitrogen and oxygen atoms in total. The molecule has 1 saturated carbocycles. The van der Waals surface area contributed by atoms with Gasteiger partial charge in [0, 0.05) is 18.8 Å². The van der Waals surface area contributed by atoms with Crippen molar-refractivity contribution < 1.29 is 27.5 Å². The Morgan fingerprint density at radius 2 is 1.89 bits per heavy atom. The summed E-state index contributed by atoms with van der Waals surface area (Å²) in [5.41, 5.74) is 0.906. The highest BCUT2D eigenvalue weighted by Crippen LogP contribution is 2.49. The van der Waals surface area contributed by atoms with Crippen LogP contribution in [0.15, 0.2) is 47.4 Å². The Balaban J connectivity index is 1.41. The lowest BCUT2D eigenvalue weighted by atomic mass is 9.95. The van der Waals surface area contributed by atoms with Gasteiger partial charge in [-0.05, 0) is 68.5 Å². The molecule has 2 aromatic rings. The number of methoxy groups -OCH3 is 1. The molecule has 1 saturated heterocycles. The third kappa shape index (κ3) is 5.17. The van der Waals surface area contributed by atoms with E-state index in [2.05, 4.69) is 5.32 Å². The number of piperidine rings is 1. The first-order chi connectivity index (χ1) is 16.7. The molecule has 2 aromatic carbocycles. The monoisotopic (exact) mass is 520 g/mol. The van der Waals surface area contributed by atoms with Gasteiger partial charge >= 0.3 is 5.97 Å². The largest absolute Gasteiger partial charge is 0.495 e. The second-order valence-electron chi connectivity index (χ2n) is 8.87. The van der Waals surface area contributed by atoms with E-state index in [-0.39, 0.29) is 28.3 Å². The number of nitrogens with one attached hydrogen (secondary N) is 1. The second-order valence-corrected chi connectivity index (χ2v) is 11.2. The molecule has 10 heteroatoms. The molecule has 1 aliphatic heterocycles. The predicted molar refractivity (Wildman–Crippen MR) is 132 cm³/mol. The van der Waals surface area contributed by atoms with Gasteiger partial charge in [0.05, 0.1) is 35.0 Å². The summed E-state index contributed by atoms with van der Waals surface area (Å²) < 4.78 is 38.0. The van der Waals surface area contributed by atoms with Gasteiger partial charge in [0.1, 0.15) is 5.75 Å². The Morgan fingerprint density at radius 1 is 1.17 bits per heavy atom. The molecule has 2 fully saturated rings. The van der Waals surface area contributed by atoms with Gasteiger partial charge in [-0.1, -0.05) is 23.7 Å². The highest BCUT2D eigenvalue weighted by atomic mass is 35.5. The van der Waals surface area contributed by atoms with Crippen molar-refractivity contribution in [1.82, 2.24) is 4.31 Å². The predicted octanol–water partition coefficient (Wildman–Crippen LogP) is 3.98. The number of halogens is 1. The van der Waals surface area contributed by atoms with Gasteiger partial charge in [0.2, 0.25) is 15.9 Å². The molecular formula is C25H29ClN2O6S. The first kappa shape index (κ1) is 25.5. The normalized spacial score (nSPS) is 19.6. The van der Waals surface area contributed by atoms with Crippen molar-refractivity contribution in [2.24, 2.45) is 5.92 Å². The summed E-state index contributed by atoms with van der Waals surface area (Å²) in [6.07, 6.45) is 2.67. The number of hydrogen-bond acceptors (Lipinski definition) is 6. The zero-order valence-corrected chi connectivity index (χ0v) is 21.3. The van der Waals surface area contributed by atoms with Crippen LogP contribution in [-0.4, -0.2) is 51.4 Å². The first-order valence-electron chi connectivity index (χ1n) is 11.6. The topological polar surface area (TPSA) is 102 Å². The third-order valence-electron chi connectivity index (χ3n) is 6.64. The number of benzene rings is 2. The summed E-state index contributed by atoms with van der Waals surface area (Å²) in [5.74, 6) is -0.543. The van der Waals surface area contributed by atoms with Crippen LogP contribution in [0.1, 0.15) is 38.2 Å². The van der Waals surface area contributed by atoms with Gasteiger partial charge in [-0.15, -0.1) is 0 Å². The summed E-state index contributed by atoms with van der Waals surface area (Å²) >= 11 is 6.12. The first-order valence-corrected chi connectivity index (χ1v) is 13.5. The van der Waals surface area contributed by atoms with Crippen LogP contribution in [0.5, 0.6) is 5.75 Å². The fraction of sp³-hybridized carbons (Fsp3) is 0.440. The van der Waals surface area contributed by atoms with Crippen molar-refractivity contribution in [2.75, 3.05) is 32.1 Å². The molecule has 188 valence electrons. The Bertz CT molecular complexity index is 1210. The van der Waals surface area contributed by atoms with Gasteiger partial charge in [0.15, 0.2) is 0 Å². The van der Waals surface area contributed by atoms with Crippen molar-refractivity contribution in [3.8, 4) is 5.75 Å². The van der Waals surface area contributed by atoms with Crippen LogP contribution in [0.4, 0.5) is 5.69 Å². The molecule has 4 rings (SSSR count). The molecule has 1 heterocycles. The highest BCUT2D eigenvalue weighted by Gasteiger charge is 2.52. The van der Waals surface area contributed by atoms with Gasteiger partial charge in [0.25, 0.3) is 0 Å². The van der Waals surface area contributed by atoms with Crippen LogP contribution in [0, 0.1) is 5.92 Å². The van der Waals surface area contributed by atoms with E-state index in [0.29, 0.717) is 37.4 Å². The third-order valence-corrected chi connectivity index (χ3v) is 8.79. The van der Waals surface area contributed by atoms with E-state index in [9.17, 15) is 18.0 Å². The van der Waals surface area contributed by atoms with E-state index in [1.54, 1.807) is 19.1 Å². The number of hydrogen-bond donors (Lipinski definition) is 1. The molecule has 35 heavy (non-hydrogen) atoms. The molecule has 1 atom stereocenters. The maximum absolute atomic E-state index is 13.2. The summed E-state index contributed by atoms with van der Waals surface area (Å²) in [5, 5.41) is 3.09. The summed E-state index contributed by atoms with van der Waals surface area (Å²) in [6.45, 7) is 2.55. The van der Waals surface area contributed by atoms with E-state index in [1.807, 2.05) is 12.1 Å². The fourth-order valence-electron chi connectivity index (χ4n) is 4.45. The van der Waals surface area contributed by atoms with Crippen LogP contribution in [0.3, 0.4) is 0 Å². The molecule has 2 aliphatic rings. The number of nitrogens with zero attached hydrogens (tertiary/aromatic N) is 1. The lowest BCUT2D eigenvalue weighted by Gasteiger charge is -2.31. The molecular weight excluding hydrogens is 492 g/mol. The van der Waals surface area contributed by atoms with Gasteiger partial charge in [-0.25, -0.2) is 8.42 Å². The number of esters is 1. The average Bonchev–Trinajstić information content (AvgIpc) is 3.67. The van der Waals surface area contributed by atoms with Crippen LogP contribution < -0.4 is 10.1 Å². The standard InChI is InChI=1S/C25H29ClN2O6S/c1-3-34-24(30)25(12-13-25)18-6-8-19(9-7-18)27-23(29)17-5-4-14-28(16-17)35(31,32)20-10-11-22(33-2)21(26)15-20/h6-11,15,17H,3-5,12-14,16H2,1-2H3,(H,27,29). The average molecular weight is 521 g/mol. The minimum atomic E-state index is -3.81. The van der Waals surface area contributed by atoms with Gasteiger partial charge in [-0.3, -0.25) is 9.59 Å². The van der Waals surface area contributed by atoms with E-state index in [0.717, 1.165) is 18.4 Å². The molecule has 0 aromatic heterocycles. The van der Waals surface area contributed by atoms with E-state index in [4.69, 9.17) is 21.1 Å². The van der Waals surface area contributed by atoms with Gasteiger partial charge < -0.3 is 14.8 Å². The van der Waals surface area contributed by atoms with Gasteiger partial charge in [-0.2, -0.15) is 4.31 Å². The van der Waals surface area contributed by atoms with Crippen LogP contribution in [0.2, 0.25) is 5.02 Å². The molecule has 1 aliphatic carbocycles. The molecule has 0 spiro atoms. The van der Waals surface area contributed by atoms with Crippen molar-refractivity contribution in [3.05, 3.63) is 53.1 Å². The Morgan fingerprint density at radius 3 is 2.49 bits per heavy atom. The summed E-state index contributed by atoms with van der Waals surface area (Å²) in [4.78, 5) is 25.3. The molecule has 0 radical (unpaired) electrons. The smallest absolute Gasteiger partial charge is 0.316 e. The Hall–Kier alpha value is -2.62. The SMILES string of the molecule is CCOC(=O)C1(c2ccc(NC(=O)C3CCCN(S(=O)(=O)c4ccc(OC)c(Cl)c4)C3)cc2)CC1. The summed E-state index contributed by atoms with van der Waals surface area (Å²) in [6, 6.07) is 11.5. The maximum Gasteiger partial charge on any atom is 0.316 e. The quantitative estimate of drug-likeness (QED) is 0.528. The number of sulfonamides is 1. The fourth-order valence-corrected chi connectivity index (χ4v) is 6.33. The van der Waals surface area contributed by atoms with E-state index < -0.39 is 21.4 Å². The highest BCUT2D eigenvalue weighted by molar-refractivity contribution is 7.89. The lowest BCUT2D eigenvalue weighted by Crippen LogP contribution is -2.43. The second kappa shape index (κ2) is 10.2. The summed E-state index contributed by atoms with van der Waals surface area (Å²) in [7, 11) is -2.35. The zero-order chi connectivity index (χ0) is 25.2. The minimum absolute atomic E-state index is 0.0653. The number of rotatable bonds is 8. The molecule has 0 bridgehead atoms. The molecule has 1 N–H and O–H groups in total. The number of ether oxygens (including phenoxy) is 2. The molecule has 1 unspecified atom stereocenters. The van der Waals surface area contributed by atoms with Crippen LogP contribution >= 0.6 is 11.6 Å². The van der Waals surface area contributed by atoms with E-state index in [1.165, 1.54) is 29.6 Å². The Kier molecular flexibility index (Phi) is 7.40.